The maximum Gasteiger partial charge on any atom is 0.146 e. The Bertz CT molecular complexity index is 1320. The smallest absolute Gasteiger partial charge is 0.146 e. The lowest BCUT2D eigenvalue weighted by Crippen LogP contribution is -2.17. The molecule has 1 heterocycles. The second kappa shape index (κ2) is 6.46. The van der Waals surface area contributed by atoms with Gasteiger partial charge >= 0.3 is 0 Å². The van der Waals surface area contributed by atoms with Crippen LogP contribution in [0.5, 0.6) is 0 Å². The molecule has 1 atom stereocenters. The fourth-order valence-corrected chi connectivity index (χ4v) is 4.65. The Balaban J connectivity index is 1.73. The van der Waals surface area contributed by atoms with Gasteiger partial charge in [-0.3, -0.25) is 4.57 Å². The van der Waals surface area contributed by atoms with Crippen molar-refractivity contribution < 1.29 is 0 Å². The fraction of sp³-hybridized carbons (Fsp3) is 0.0741. The average Bonchev–Trinajstić information content (AvgIpc) is 3.17. The lowest BCUT2D eigenvalue weighted by Gasteiger charge is -2.29. The Labute approximate surface area is 170 Å². The zero-order valence-corrected chi connectivity index (χ0v) is 16.0. The zero-order chi connectivity index (χ0) is 19.2. The van der Waals surface area contributed by atoms with Gasteiger partial charge in [-0.2, -0.15) is 0 Å². The maximum absolute atomic E-state index is 5.15. The molecule has 0 fully saturated rings. The third kappa shape index (κ3) is 2.53. The van der Waals surface area contributed by atoms with E-state index in [1.54, 1.807) is 0 Å². The van der Waals surface area contributed by atoms with Crippen LogP contribution < -0.4 is 0 Å². The van der Waals surface area contributed by atoms with Crippen molar-refractivity contribution in [2.45, 2.75) is 6.42 Å². The molecule has 0 amide bonds. The van der Waals surface area contributed by atoms with Gasteiger partial charge in [-0.1, -0.05) is 78.9 Å². The molecule has 0 saturated carbocycles. The number of aromatic nitrogens is 2. The van der Waals surface area contributed by atoms with Gasteiger partial charge in [0.2, 0.25) is 0 Å². The first-order valence-electron chi connectivity index (χ1n) is 10.1. The van der Waals surface area contributed by atoms with Crippen molar-refractivity contribution >= 4 is 16.6 Å². The fourth-order valence-electron chi connectivity index (χ4n) is 4.65. The van der Waals surface area contributed by atoms with Crippen LogP contribution in [0.4, 0.5) is 0 Å². The van der Waals surface area contributed by atoms with Crippen molar-refractivity contribution in [2.75, 3.05) is 0 Å². The molecule has 0 radical (unpaired) electrons. The number of hydrogen-bond acceptors (Lipinski definition) is 1. The number of benzene rings is 3. The molecule has 3 aromatic carbocycles. The maximum atomic E-state index is 5.15. The number of fused-ring (bicyclic) bond motifs is 3. The molecule has 6 rings (SSSR count). The normalized spacial score (nSPS) is 17.4. The third-order valence-corrected chi connectivity index (χ3v) is 5.94. The summed E-state index contributed by atoms with van der Waals surface area (Å²) in [6.07, 6.45) is 9.95. The van der Waals surface area contributed by atoms with Crippen molar-refractivity contribution in [3.8, 4) is 5.69 Å². The van der Waals surface area contributed by atoms with Gasteiger partial charge in [0.25, 0.3) is 0 Å². The van der Waals surface area contributed by atoms with E-state index in [0.29, 0.717) is 5.92 Å². The van der Waals surface area contributed by atoms with E-state index in [-0.39, 0.29) is 0 Å². The molecule has 4 aromatic rings. The summed E-state index contributed by atoms with van der Waals surface area (Å²) in [4.78, 5) is 5.15. The van der Waals surface area contributed by atoms with Crippen molar-refractivity contribution in [1.29, 1.82) is 0 Å². The van der Waals surface area contributed by atoms with Gasteiger partial charge in [-0.05, 0) is 47.4 Å². The Morgan fingerprint density at radius 1 is 0.793 bits per heavy atom. The molecule has 2 aliphatic rings. The zero-order valence-electron chi connectivity index (χ0n) is 16.0. The van der Waals surface area contributed by atoms with Gasteiger partial charge in [0.15, 0.2) is 0 Å². The van der Waals surface area contributed by atoms with Crippen molar-refractivity contribution in [2.24, 2.45) is 5.92 Å². The number of rotatable bonds is 2. The van der Waals surface area contributed by atoms with Crippen LogP contribution in [0.25, 0.3) is 22.3 Å². The van der Waals surface area contributed by atoms with Crippen molar-refractivity contribution in [1.82, 2.24) is 9.55 Å². The minimum atomic E-state index is 0.397. The predicted octanol–water partition coefficient (Wildman–Crippen LogP) is 6.13. The van der Waals surface area contributed by atoms with Crippen LogP contribution in [0.2, 0.25) is 0 Å². The first-order valence-corrected chi connectivity index (χ1v) is 10.1. The monoisotopic (exact) mass is 372 g/mol. The van der Waals surface area contributed by atoms with E-state index in [2.05, 4.69) is 108 Å². The molecule has 0 saturated heterocycles. The number of para-hydroxylation sites is 3. The topological polar surface area (TPSA) is 17.8 Å². The second-order valence-corrected chi connectivity index (χ2v) is 7.64. The second-order valence-electron chi connectivity index (χ2n) is 7.64. The molecular weight excluding hydrogens is 352 g/mol. The van der Waals surface area contributed by atoms with Crippen LogP contribution >= 0.6 is 0 Å². The van der Waals surface area contributed by atoms with Gasteiger partial charge < -0.3 is 0 Å². The molecule has 0 spiro atoms. The highest BCUT2D eigenvalue weighted by molar-refractivity contribution is 5.90. The highest BCUT2D eigenvalue weighted by Gasteiger charge is 2.29. The Hall–Kier alpha value is -3.65. The summed E-state index contributed by atoms with van der Waals surface area (Å²) < 4.78 is 2.31. The quantitative estimate of drug-likeness (QED) is 0.414. The van der Waals surface area contributed by atoms with Crippen LogP contribution in [0.15, 0.2) is 109 Å². The van der Waals surface area contributed by atoms with E-state index in [0.717, 1.165) is 29.0 Å². The van der Waals surface area contributed by atoms with Crippen LogP contribution in [-0.4, -0.2) is 9.55 Å². The standard InChI is InChI=1S/C27H20N2/c1-2-12-21(13-3-1)29-25-17-9-8-16-24(25)28-27(29)26-22-14-6-4-10-19(22)18-20-11-5-7-15-23(20)26/h1-17,19H,18H2. The molecular formula is C27H20N2. The minimum absolute atomic E-state index is 0.397. The summed E-state index contributed by atoms with van der Waals surface area (Å²) >= 11 is 0. The summed E-state index contributed by atoms with van der Waals surface area (Å²) in [5.41, 5.74) is 8.59. The van der Waals surface area contributed by atoms with E-state index in [1.807, 2.05) is 0 Å². The number of nitrogens with zero attached hydrogens (tertiary/aromatic N) is 2. The lowest BCUT2D eigenvalue weighted by molar-refractivity contribution is 0.751. The van der Waals surface area contributed by atoms with E-state index >= 15 is 0 Å². The van der Waals surface area contributed by atoms with Gasteiger partial charge in [0.1, 0.15) is 5.82 Å². The summed E-state index contributed by atoms with van der Waals surface area (Å²) in [6, 6.07) is 27.8. The van der Waals surface area contributed by atoms with Gasteiger partial charge in [-0.25, -0.2) is 4.98 Å². The largest absolute Gasteiger partial charge is 0.292 e. The molecule has 2 heteroatoms. The van der Waals surface area contributed by atoms with Gasteiger partial charge in [0.05, 0.1) is 11.0 Å². The van der Waals surface area contributed by atoms with Crippen LogP contribution in [-0.2, 0) is 6.42 Å². The van der Waals surface area contributed by atoms with E-state index in [1.165, 1.54) is 22.3 Å². The minimum Gasteiger partial charge on any atom is -0.292 e. The molecule has 138 valence electrons. The summed E-state index contributed by atoms with van der Waals surface area (Å²) in [7, 11) is 0. The number of imidazole rings is 1. The van der Waals surface area contributed by atoms with Gasteiger partial charge in [0, 0.05) is 17.2 Å². The molecule has 1 unspecified atom stereocenters. The first kappa shape index (κ1) is 16.3. The lowest BCUT2D eigenvalue weighted by atomic mass is 9.76. The van der Waals surface area contributed by atoms with Gasteiger partial charge in [-0.15, -0.1) is 0 Å². The summed E-state index contributed by atoms with van der Waals surface area (Å²) in [6.45, 7) is 0. The first-order chi connectivity index (χ1) is 14.4. The average molecular weight is 372 g/mol. The van der Waals surface area contributed by atoms with E-state index < -0.39 is 0 Å². The van der Waals surface area contributed by atoms with E-state index in [9.17, 15) is 0 Å². The molecule has 0 aliphatic heterocycles. The highest BCUT2D eigenvalue weighted by Crippen LogP contribution is 2.42. The number of hydrogen-bond donors (Lipinski definition) is 0. The SMILES string of the molecule is C1=CC2=C(c3nc4ccccc4n3-c3ccccc3)c3ccccc3CC2C=C1. The molecule has 1 aromatic heterocycles. The van der Waals surface area contributed by atoms with E-state index in [4.69, 9.17) is 4.98 Å². The molecule has 0 bridgehead atoms. The number of allylic oxidation sites excluding steroid dienone is 5. The molecule has 2 aliphatic carbocycles. The van der Waals surface area contributed by atoms with Crippen LogP contribution in [0.3, 0.4) is 0 Å². The Morgan fingerprint density at radius 3 is 2.52 bits per heavy atom. The summed E-state index contributed by atoms with van der Waals surface area (Å²) in [5.74, 6) is 1.42. The highest BCUT2D eigenvalue weighted by atomic mass is 15.1. The van der Waals surface area contributed by atoms with Crippen molar-refractivity contribution in [3.05, 3.63) is 126 Å². The molecule has 2 nitrogen and oxygen atoms in total. The third-order valence-electron chi connectivity index (χ3n) is 5.94. The molecule has 29 heavy (non-hydrogen) atoms. The van der Waals surface area contributed by atoms with Crippen LogP contribution in [0, 0.1) is 5.92 Å². The summed E-state index contributed by atoms with van der Waals surface area (Å²) in [5, 5.41) is 0. The molecule has 0 N–H and O–H groups in total. The van der Waals surface area contributed by atoms with Crippen molar-refractivity contribution in [3.63, 3.8) is 0 Å². The Kier molecular flexibility index (Phi) is 3.63. The Morgan fingerprint density at radius 2 is 1.59 bits per heavy atom. The van der Waals surface area contributed by atoms with Crippen LogP contribution in [0.1, 0.15) is 17.0 Å². The predicted molar refractivity (Wildman–Crippen MR) is 119 cm³/mol.